The number of methoxy groups -OCH3 is 2. The summed E-state index contributed by atoms with van der Waals surface area (Å²) in [6.45, 7) is 0.406. The van der Waals surface area contributed by atoms with E-state index in [0.717, 1.165) is 16.3 Å². The second-order valence-corrected chi connectivity index (χ2v) is 5.56. The lowest BCUT2D eigenvalue weighted by Crippen LogP contribution is -2.25. The lowest BCUT2D eigenvalue weighted by Gasteiger charge is -2.02. The van der Waals surface area contributed by atoms with Crippen LogP contribution in [-0.4, -0.2) is 37.6 Å². The Morgan fingerprint density at radius 1 is 1.22 bits per heavy atom. The zero-order valence-corrected chi connectivity index (χ0v) is 13.8. The van der Waals surface area contributed by atoms with Crippen molar-refractivity contribution in [3.05, 3.63) is 35.3 Å². The van der Waals surface area contributed by atoms with Gasteiger partial charge < -0.3 is 14.8 Å². The van der Waals surface area contributed by atoms with Crippen LogP contribution in [0.2, 0.25) is 0 Å². The molecule has 0 unspecified atom stereocenters. The van der Waals surface area contributed by atoms with E-state index in [2.05, 4.69) is 15.0 Å². The predicted molar refractivity (Wildman–Crippen MR) is 87.7 cm³/mol. The number of hydrogen-bond acceptors (Lipinski definition) is 6. The topological polar surface area (TPSA) is 77.5 Å². The lowest BCUT2D eigenvalue weighted by molar-refractivity contribution is -0.140. The molecule has 1 N–H and O–H groups in total. The highest BCUT2D eigenvalue weighted by Gasteiger charge is 2.11. The molecule has 0 bridgehead atoms. The van der Waals surface area contributed by atoms with E-state index in [1.54, 1.807) is 12.5 Å². The van der Waals surface area contributed by atoms with E-state index >= 15 is 0 Å². The van der Waals surface area contributed by atoms with Gasteiger partial charge in [0.1, 0.15) is 16.5 Å². The molecule has 0 aliphatic rings. The summed E-state index contributed by atoms with van der Waals surface area (Å²) in [5.74, 6) is 0.245. The average Bonchev–Trinajstić information content (AvgIpc) is 3.08. The summed E-state index contributed by atoms with van der Waals surface area (Å²) in [6, 6.07) is 7.50. The zero-order chi connectivity index (χ0) is 16.7. The number of amides is 1. The summed E-state index contributed by atoms with van der Waals surface area (Å²) in [6.07, 6.45) is 0.818. The molecular weight excluding hydrogens is 316 g/mol. The molecule has 0 saturated heterocycles. The molecule has 2 rings (SSSR count). The molecule has 1 aromatic heterocycles. The number of thiazole rings is 1. The Bertz CT molecular complexity index is 667. The molecule has 23 heavy (non-hydrogen) atoms. The van der Waals surface area contributed by atoms with Crippen LogP contribution < -0.4 is 10.1 Å². The molecule has 0 spiro atoms. The van der Waals surface area contributed by atoms with Crippen LogP contribution in [0.4, 0.5) is 0 Å². The van der Waals surface area contributed by atoms with Crippen LogP contribution in [-0.2, 0) is 9.53 Å². The maximum atomic E-state index is 12.0. The first-order chi connectivity index (χ1) is 11.1. The van der Waals surface area contributed by atoms with Crippen LogP contribution in [0.15, 0.2) is 29.6 Å². The highest BCUT2D eigenvalue weighted by Crippen LogP contribution is 2.25. The third-order valence-corrected chi connectivity index (χ3v) is 4.04. The Labute approximate surface area is 138 Å². The first-order valence-electron chi connectivity index (χ1n) is 7.09. The van der Waals surface area contributed by atoms with Crippen LogP contribution in [0.5, 0.6) is 5.75 Å². The van der Waals surface area contributed by atoms with Gasteiger partial charge in [0.2, 0.25) is 0 Å². The highest BCUT2D eigenvalue weighted by molar-refractivity contribution is 7.13. The molecule has 2 aromatic rings. The number of carbonyl (C=O) groups is 2. The summed E-state index contributed by atoms with van der Waals surface area (Å²) in [5.41, 5.74) is 1.31. The second-order valence-electron chi connectivity index (χ2n) is 4.70. The molecule has 0 saturated carbocycles. The van der Waals surface area contributed by atoms with Crippen molar-refractivity contribution in [2.45, 2.75) is 12.8 Å². The molecule has 122 valence electrons. The normalized spacial score (nSPS) is 10.2. The van der Waals surface area contributed by atoms with Crippen LogP contribution >= 0.6 is 11.3 Å². The summed E-state index contributed by atoms with van der Waals surface area (Å²) in [7, 11) is 2.96. The van der Waals surface area contributed by atoms with Gasteiger partial charge >= 0.3 is 5.97 Å². The monoisotopic (exact) mass is 334 g/mol. The van der Waals surface area contributed by atoms with E-state index in [1.165, 1.54) is 18.4 Å². The smallest absolute Gasteiger partial charge is 0.305 e. The maximum absolute atomic E-state index is 12.0. The predicted octanol–water partition coefficient (Wildman–Crippen LogP) is 2.50. The number of nitrogens with one attached hydrogen (secondary N) is 1. The van der Waals surface area contributed by atoms with Crippen molar-refractivity contribution in [3.63, 3.8) is 0 Å². The molecule has 0 atom stereocenters. The minimum absolute atomic E-state index is 0.245. The van der Waals surface area contributed by atoms with Crippen molar-refractivity contribution in [2.24, 2.45) is 0 Å². The molecule has 1 heterocycles. The van der Waals surface area contributed by atoms with E-state index in [4.69, 9.17) is 4.74 Å². The van der Waals surface area contributed by atoms with Crippen molar-refractivity contribution < 1.29 is 19.1 Å². The van der Waals surface area contributed by atoms with Crippen molar-refractivity contribution in [1.29, 1.82) is 0 Å². The van der Waals surface area contributed by atoms with E-state index < -0.39 is 0 Å². The van der Waals surface area contributed by atoms with Crippen molar-refractivity contribution in [1.82, 2.24) is 10.3 Å². The first kappa shape index (κ1) is 17.0. The maximum Gasteiger partial charge on any atom is 0.305 e. The van der Waals surface area contributed by atoms with Gasteiger partial charge in [0.25, 0.3) is 5.91 Å². The fourth-order valence-corrected chi connectivity index (χ4v) is 2.68. The Morgan fingerprint density at radius 3 is 2.61 bits per heavy atom. The number of rotatable bonds is 7. The Hall–Kier alpha value is -2.41. The third kappa shape index (κ3) is 4.79. The Kier molecular flexibility index (Phi) is 6.10. The van der Waals surface area contributed by atoms with Crippen LogP contribution in [0, 0.1) is 0 Å². The molecule has 0 aliphatic heterocycles. The van der Waals surface area contributed by atoms with Gasteiger partial charge in [-0.1, -0.05) is 0 Å². The molecule has 0 aliphatic carbocycles. The van der Waals surface area contributed by atoms with Crippen LogP contribution in [0.1, 0.15) is 23.3 Å². The lowest BCUT2D eigenvalue weighted by atomic mass is 10.2. The van der Waals surface area contributed by atoms with Crippen molar-refractivity contribution >= 4 is 23.2 Å². The van der Waals surface area contributed by atoms with Crippen molar-refractivity contribution in [2.75, 3.05) is 20.8 Å². The van der Waals surface area contributed by atoms with E-state index in [-0.39, 0.29) is 18.3 Å². The molecule has 1 aromatic carbocycles. The van der Waals surface area contributed by atoms with Gasteiger partial charge in [0.15, 0.2) is 0 Å². The van der Waals surface area contributed by atoms with E-state index in [9.17, 15) is 9.59 Å². The minimum atomic E-state index is -0.283. The number of esters is 1. The minimum Gasteiger partial charge on any atom is -0.497 e. The van der Waals surface area contributed by atoms with Crippen LogP contribution in [0.25, 0.3) is 10.6 Å². The van der Waals surface area contributed by atoms with Crippen molar-refractivity contribution in [3.8, 4) is 16.3 Å². The number of hydrogen-bond donors (Lipinski definition) is 1. The number of benzene rings is 1. The molecule has 0 radical (unpaired) electrons. The highest BCUT2D eigenvalue weighted by atomic mass is 32.1. The quantitative estimate of drug-likeness (QED) is 0.622. The summed E-state index contributed by atoms with van der Waals surface area (Å²) < 4.78 is 9.65. The second kappa shape index (κ2) is 8.28. The fraction of sp³-hybridized carbons (Fsp3) is 0.312. The van der Waals surface area contributed by atoms with Gasteiger partial charge in [-0.15, -0.1) is 11.3 Å². The van der Waals surface area contributed by atoms with Gasteiger partial charge in [-0.3, -0.25) is 9.59 Å². The third-order valence-electron chi connectivity index (χ3n) is 3.14. The van der Waals surface area contributed by atoms with E-state index in [0.29, 0.717) is 18.7 Å². The SMILES string of the molecule is COC(=O)CCCNC(=O)c1csc(-c2ccc(OC)cc2)n1. The molecule has 0 fully saturated rings. The Balaban J connectivity index is 1.90. The Morgan fingerprint density at radius 2 is 1.96 bits per heavy atom. The summed E-state index contributed by atoms with van der Waals surface area (Å²) in [4.78, 5) is 27.3. The van der Waals surface area contributed by atoms with Gasteiger partial charge in [-0.2, -0.15) is 0 Å². The fourth-order valence-electron chi connectivity index (χ4n) is 1.87. The van der Waals surface area contributed by atoms with Gasteiger partial charge in [-0.25, -0.2) is 4.98 Å². The van der Waals surface area contributed by atoms with Gasteiger partial charge in [-0.05, 0) is 30.7 Å². The molecular formula is C16H18N2O4S. The largest absolute Gasteiger partial charge is 0.497 e. The zero-order valence-electron chi connectivity index (χ0n) is 13.0. The number of nitrogens with zero attached hydrogens (tertiary/aromatic N) is 1. The van der Waals surface area contributed by atoms with Gasteiger partial charge in [0.05, 0.1) is 14.2 Å². The number of aromatic nitrogens is 1. The standard InChI is InChI=1S/C16H18N2O4S/c1-21-12-7-5-11(6-8-12)16-18-13(10-23-16)15(20)17-9-3-4-14(19)22-2/h5-8,10H,3-4,9H2,1-2H3,(H,17,20). The molecule has 6 nitrogen and oxygen atoms in total. The van der Waals surface area contributed by atoms with Crippen LogP contribution in [0.3, 0.4) is 0 Å². The summed E-state index contributed by atoms with van der Waals surface area (Å²) in [5, 5.41) is 5.23. The molecule has 1 amide bonds. The molecule has 7 heteroatoms. The average molecular weight is 334 g/mol. The summed E-state index contributed by atoms with van der Waals surface area (Å²) >= 11 is 1.41. The van der Waals surface area contributed by atoms with E-state index in [1.807, 2.05) is 24.3 Å². The number of ether oxygens (including phenoxy) is 2. The first-order valence-corrected chi connectivity index (χ1v) is 7.97. The number of carbonyl (C=O) groups excluding carboxylic acids is 2. The van der Waals surface area contributed by atoms with Gasteiger partial charge in [0, 0.05) is 23.9 Å².